The van der Waals surface area contributed by atoms with E-state index in [4.69, 9.17) is 0 Å². The lowest BCUT2D eigenvalue weighted by atomic mass is 9.97. The Balaban J connectivity index is 1.62. The third kappa shape index (κ3) is 2.80. The van der Waals surface area contributed by atoms with Crippen molar-refractivity contribution in [3.05, 3.63) is 127 Å². The average molecular weight is 434 g/mol. The summed E-state index contributed by atoms with van der Waals surface area (Å²) in [5.74, 6) is 0. The van der Waals surface area contributed by atoms with E-state index in [2.05, 4.69) is 133 Å². The Morgan fingerprint density at radius 3 is 2.03 bits per heavy atom. The fourth-order valence-corrected chi connectivity index (χ4v) is 5.40. The zero-order valence-corrected chi connectivity index (χ0v) is 19.0. The molecule has 1 nitrogen and oxygen atoms in total. The van der Waals surface area contributed by atoms with Gasteiger partial charge in [0.25, 0.3) is 0 Å². The molecule has 0 aliphatic heterocycles. The second kappa shape index (κ2) is 7.33. The van der Waals surface area contributed by atoms with Gasteiger partial charge >= 0.3 is 0 Å². The van der Waals surface area contributed by atoms with Crippen LogP contribution in [0.1, 0.15) is 5.56 Å². The number of nitrogens with zero attached hydrogens (tertiary/aromatic N) is 1. The number of benzene rings is 6. The van der Waals surface area contributed by atoms with Crippen LogP contribution in [-0.4, -0.2) is 4.57 Å². The van der Waals surface area contributed by atoms with Crippen LogP contribution in [0.2, 0.25) is 0 Å². The lowest BCUT2D eigenvalue weighted by Gasteiger charge is -2.11. The van der Waals surface area contributed by atoms with Crippen molar-refractivity contribution in [3.63, 3.8) is 0 Å². The fraction of sp³-hybridized carbons (Fsp3) is 0.0303. The molecule has 34 heavy (non-hydrogen) atoms. The second-order valence-corrected chi connectivity index (χ2v) is 9.11. The standard InChI is InChI=1S/C33H23N/c1-22-13-17-26(18-14-22)34-31-20-16-24-8-3-5-11-29(24)33(31)30-19-15-25(21-32(30)34)28-12-6-9-23-7-2-4-10-27(23)28/h2-21H,1H3. The Bertz CT molecular complexity index is 1850. The molecule has 7 aromatic rings. The first-order valence-corrected chi connectivity index (χ1v) is 11.8. The molecule has 0 unspecified atom stereocenters. The van der Waals surface area contributed by atoms with Crippen LogP contribution in [0.3, 0.4) is 0 Å². The van der Waals surface area contributed by atoms with Gasteiger partial charge in [-0.25, -0.2) is 0 Å². The molecule has 0 saturated carbocycles. The zero-order chi connectivity index (χ0) is 22.6. The van der Waals surface area contributed by atoms with E-state index in [1.165, 1.54) is 65.7 Å². The Labute approximate surface area is 198 Å². The van der Waals surface area contributed by atoms with Crippen LogP contribution in [0.4, 0.5) is 0 Å². The van der Waals surface area contributed by atoms with E-state index >= 15 is 0 Å². The molecule has 0 aliphatic carbocycles. The minimum atomic E-state index is 1.19. The molecule has 7 rings (SSSR count). The minimum absolute atomic E-state index is 1.19. The Morgan fingerprint density at radius 2 is 1.21 bits per heavy atom. The topological polar surface area (TPSA) is 4.93 Å². The molecule has 0 amide bonds. The maximum Gasteiger partial charge on any atom is 0.0547 e. The predicted octanol–water partition coefficient (Wildman–Crippen LogP) is 9.07. The summed E-state index contributed by atoms with van der Waals surface area (Å²) in [7, 11) is 0. The molecule has 0 spiro atoms. The van der Waals surface area contributed by atoms with E-state index < -0.39 is 0 Å². The highest BCUT2D eigenvalue weighted by atomic mass is 15.0. The van der Waals surface area contributed by atoms with Crippen LogP contribution in [0, 0.1) is 6.92 Å². The van der Waals surface area contributed by atoms with Crippen molar-refractivity contribution in [1.82, 2.24) is 4.57 Å². The Hall–Kier alpha value is -4.36. The van der Waals surface area contributed by atoms with Crippen LogP contribution in [0.25, 0.3) is 60.2 Å². The number of aryl methyl sites for hydroxylation is 1. The lowest BCUT2D eigenvalue weighted by Crippen LogP contribution is -1.94. The summed E-state index contributed by atoms with van der Waals surface area (Å²) >= 11 is 0. The van der Waals surface area contributed by atoms with Gasteiger partial charge in [-0.1, -0.05) is 103 Å². The minimum Gasteiger partial charge on any atom is -0.309 e. The van der Waals surface area contributed by atoms with Gasteiger partial charge in [-0.2, -0.15) is 0 Å². The molecule has 1 heterocycles. The molecule has 0 bridgehead atoms. The van der Waals surface area contributed by atoms with Gasteiger partial charge in [0.05, 0.1) is 11.0 Å². The number of fused-ring (bicyclic) bond motifs is 6. The van der Waals surface area contributed by atoms with E-state index in [-0.39, 0.29) is 0 Å². The van der Waals surface area contributed by atoms with Crippen LogP contribution in [0.15, 0.2) is 121 Å². The monoisotopic (exact) mass is 433 g/mol. The molecule has 1 heteroatoms. The second-order valence-electron chi connectivity index (χ2n) is 9.11. The van der Waals surface area contributed by atoms with Crippen LogP contribution in [-0.2, 0) is 0 Å². The summed E-state index contributed by atoms with van der Waals surface area (Å²) in [6, 6.07) is 44.3. The Morgan fingerprint density at radius 1 is 0.500 bits per heavy atom. The third-order valence-corrected chi connectivity index (χ3v) is 7.05. The molecule has 1 aromatic heterocycles. The first-order valence-electron chi connectivity index (χ1n) is 11.8. The largest absolute Gasteiger partial charge is 0.309 e. The first kappa shape index (κ1) is 19.1. The lowest BCUT2D eigenvalue weighted by molar-refractivity contribution is 1.18. The van der Waals surface area contributed by atoms with E-state index in [0.29, 0.717) is 0 Å². The molecular weight excluding hydrogens is 410 g/mol. The van der Waals surface area contributed by atoms with Crippen LogP contribution < -0.4 is 0 Å². The molecule has 0 atom stereocenters. The van der Waals surface area contributed by atoms with Crippen molar-refractivity contribution < 1.29 is 0 Å². The highest BCUT2D eigenvalue weighted by Gasteiger charge is 2.16. The first-order chi connectivity index (χ1) is 16.8. The Kier molecular flexibility index (Phi) is 4.13. The zero-order valence-electron chi connectivity index (χ0n) is 19.0. The maximum atomic E-state index is 2.42. The average Bonchev–Trinajstić information content (AvgIpc) is 3.23. The summed E-state index contributed by atoms with van der Waals surface area (Å²) in [6.45, 7) is 2.14. The van der Waals surface area contributed by atoms with Gasteiger partial charge in [0.1, 0.15) is 0 Å². The molecule has 0 saturated heterocycles. The number of hydrogen-bond acceptors (Lipinski definition) is 0. The molecular formula is C33H23N. The van der Waals surface area contributed by atoms with E-state index in [0.717, 1.165) is 0 Å². The summed E-state index contributed by atoms with van der Waals surface area (Å²) in [5.41, 5.74) is 7.45. The number of rotatable bonds is 2. The van der Waals surface area contributed by atoms with Crippen molar-refractivity contribution in [3.8, 4) is 16.8 Å². The number of aromatic nitrogens is 1. The van der Waals surface area contributed by atoms with Gasteiger partial charge in [-0.15, -0.1) is 0 Å². The fourth-order valence-electron chi connectivity index (χ4n) is 5.40. The maximum absolute atomic E-state index is 2.42. The molecule has 0 fully saturated rings. The van der Waals surface area contributed by atoms with Crippen molar-refractivity contribution >= 4 is 43.4 Å². The van der Waals surface area contributed by atoms with Crippen LogP contribution in [0.5, 0.6) is 0 Å². The van der Waals surface area contributed by atoms with E-state index in [1.807, 2.05) is 0 Å². The smallest absolute Gasteiger partial charge is 0.0547 e. The van der Waals surface area contributed by atoms with Gasteiger partial charge in [0, 0.05) is 16.5 Å². The van der Waals surface area contributed by atoms with Crippen molar-refractivity contribution in [1.29, 1.82) is 0 Å². The van der Waals surface area contributed by atoms with Gasteiger partial charge in [0.2, 0.25) is 0 Å². The highest BCUT2D eigenvalue weighted by Crippen LogP contribution is 2.39. The molecule has 0 aliphatic rings. The summed E-state index contributed by atoms with van der Waals surface area (Å²) in [6.07, 6.45) is 0. The van der Waals surface area contributed by atoms with E-state index in [1.54, 1.807) is 0 Å². The SMILES string of the molecule is Cc1ccc(-n2c3cc(-c4cccc5ccccc45)ccc3c3c4ccccc4ccc32)cc1. The van der Waals surface area contributed by atoms with Gasteiger partial charge in [0.15, 0.2) is 0 Å². The normalized spacial score (nSPS) is 11.7. The quantitative estimate of drug-likeness (QED) is 0.256. The molecule has 6 aromatic carbocycles. The van der Waals surface area contributed by atoms with Gasteiger partial charge in [-0.05, 0) is 63.9 Å². The molecule has 0 N–H and O–H groups in total. The van der Waals surface area contributed by atoms with E-state index in [9.17, 15) is 0 Å². The molecule has 0 radical (unpaired) electrons. The van der Waals surface area contributed by atoms with Gasteiger partial charge < -0.3 is 4.57 Å². The molecule has 160 valence electrons. The number of hydrogen-bond donors (Lipinski definition) is 0. The van der Waals surface area contributed by atoms with Crippen molar-refractivity contribution in [2.45, 2.75) is 6.92 Å². The van der Waals surface area contributed by atoms with Gasteiger partial charge in [-0.3, -0.25) is 0 Å². The third-order valence-electron chi connectivity index (χ3n) is 7.05. The summed E-state index contributed by atoms with van der Waals surface area (Å²) in [5, 5.41) is 7.73. The van der Waals surface area contributed by atoms with Crippen LogP contribution >= 0.6 is 0 Å². The summed E-state index contributed by atoms with van der Waals surface area (Å²) in [4.78, 5) is 0. The van der Waals surface area contributed by atoms with Crippen molar-refractivity contribution in [2.24, 2.45) is 0 Å². The predicted molar refractivity (Wildman–Crippen MR) is 146 cm³/mol. The van der Waals surface area contributed by atoms with Crippen molar-refractivity contribution in [2.75, 3.05) is 0 Å². The highest BCUT2D eigenvalue weighted by molar-refractivity contribution is 6.21. The summed E-state index contributed by atoms with van der Waals surface area (Å²) < 4.78 is 2.42.